The molecule has 0 bridgehead atoms. The van der Waals surface area contributed by atoms with Crippen molar-refractivity contribution < 1.29 is 4.52 Å². The molecular weight excluding hydrogens is 256 g/mol. The summed E-state index contributed by atoms with van der Waals surface area (Å²) in [4.78, 5) is 6.78. The van der Waals surface area contributed by atoms with Crippen molar-refractivity contribution in [2.75, 3.05) is 24.5 Å². The van der Waals surface area contributed by atoms with Crippen LogP contribution in [-0.4, -0.2) is 46.0 Å². The first-order chi connectivity index (χ1) is 9.79. The number of nitrogens with one attached hydrogen (secondary N) is 2. The molecule has 4 rings (SSSR count). The molecule has 0 amide bonds. The molecule has 0 saturated carbocycles. The van der Waals surface area contributed by atoms with Crippen LogP contribution in [0.25, 0.3) is 11.6 Å². The number of piperidine rings is 1. The van der Waals surface area contributed by atoms with Gasteiger partial charge in [0.25, 0.3) is 0 Å². The van der Waals surface area contributed by atoms with Gasteiger partial charge in [-0.15, -0.1) is 5.10 Å². The zero-order chi connectivity index (χ0) is 13.5. The first-order valence-electron chi connectivity index (χ1n) is 7.14. The van der Waals surface area contributed by atoms with Crippen molar-refractivity contribution >= 4 is 5.95 Å². The number of anilines is 1. The van der Waals surface area contributed by atoms with Gasteiger partial charge in [-0.05, 0) is 32.2 Å². The Morgan fingerprint density at radius 3 is 3.15 bits per heavy atom. The van der Waals surface area contributed by atoms with Crippen LogP contribution < -0.4 is 10.2 Å². The summed E-state index contributed by atoms with van der Waals surface area (Å²) in [6.07, 6.45) is 2.57. The standard InChI is InChI=1S/C13H18N6O/c1-8-5-11(20-18-8)12-15-13(17-16-12)19-6-9-3-2-4-14-10(9)7-19/h5,9-10,14H,2-4,6-7H2,1H3,(H,15,16,17). The maximum absolute atomic E-state index is 5.21. The number of aryl methyl sites for hydroxylation is 1. The quantitative estimate of drug-likeness (QED) is 0.848. The summed E-state index contributed by atoms with van der Waals surface area (Å²) in [7, 11) is 0. The summed E-state index contributed by atoms with van der Waals surface area (Å²) < 4.78 is 5.21. The van der Waals surface area contributed by atoms with Crippen LogP contribution in [0.3, 0.4) is 0 Å². The summed E-state index contributed by atoms with van der Waals surface area (Å²) in [5.74, 6) is 2.75. The normalized spacial score (nSPS) is 25.9. The summed E-state index contributed by atoms with van der Waals surface area (Å²) in [5, 5.41) is 14.7. The highest BCUT2D eigenvalue weighted by atomic mass is 16.5. The van der Waals surface area contributed by atoms with E-state index < -0.39 is 0 Å². The van der Waals surface area contributed by atoms with E-state index in [-0.39, 0.29) is 0 Å². The van der Waals surface area contributed by atoms with Crippen molar-refractivity contribution in [3.63, 3.8) is 0 Å². The molecule has 2 saturated heterocycles. The molecule has 2 atom stereocenters. The highest BCUT2D eigenvalue weighted by Crippen LogP contribution is 2.28. The van der Waals surface area contributed by atoms with E-state index in [4.69, 9.17) is 4.52 Å². The average Bonchev–Trinajstić information content (AvgIpc) is 3.16. The minimum Gasteiger partial charge on any atom is -0.353 e. The van der Waals surface area contributed by atoms with Gasteiger partial charge in [0, 0.05) is 25.2 Å². The fourth-order valence-corrected chi connectivity index (χ4v) is 3.19. The molecule has 2 unspecified atom stereocenters. The van der Waals surface area contributed by atoms with Crippen LogP contribution >= 0.6 is 0 Å². The third-order valence-corrected chi connectivity index (χ3v) is 4.22. The molecule has 106 valence electrons. The van der Waals surface area contributed by atoms with E-state index in [9.17, 15) is 0 Å². The minimum absolute atomic E-state index is 0.582. The predicted octanol–water partition coefficient (Wildman–Crippen LogP) is 0.956. The van der Waals surface area contributed by atoms with Gasteiger partial charge in [-0.2, -0.15) is 4.98 Å². The van der Waals surface area contributed by atoms with Gasteiger partial charge in [-0.25, -0.2) is 0 Å². The number of aromatic amines is 1. The minimum atomic E-state index is 0.582. The number of nitrogens with zero attached hydrogens (tertiary/aromatic N) is 4. The fourth-order valence-electron chi connectivity index (χ4n) is 3.19. The highest BCUT2D eigenvalue weighted by Gasteiger charge is 2.35. The molecule has 2 aromatic rings. The number of rotatable bonds is 2. The molecule has 2 aliphatic rings. The number of hydrogen-bond donors (Lipinski definition) is 2. The maximum atomic E-state index is 5.21. The lowest BCUT2D eigenvalue weighted by Gasteiger charge is -2.24. The van der Waals surface area contributed by atoms with E-state index in [2.05, 4.69) is 30.6 Å². The lowest BCUT2D eigenvalue weighted by atomic mass is 9.94. The fraction of sp³-hybridized carbons (Fsp3) is 0.615. The molecule has 0 spiro atoms. The zero-order valence-electron chi connectivity index (χ0n) is 11.5. The van der Waals surface area contributed by atoms with Crippen molar-refractivity contribution in [1.29, 1.82) is 0 Å². The highest BCUT2D eigenvalue weighted by molar-refractivity contribution is 5.49. The molecule has 7 nitrogen and oxygen atoms in total. The number of fused-ring (bicyclic) bond motifs is 1. The van der Waals surface area contributed by atoms with Crippen molar-refractivity contribution in [2.45, 2.75) is 25.8 Å². The van der Waals surface area contributed by atoms with Crippen LogP contribution in [-0.2, 0) is 0 Å². The lowest BCUT2D eigenvalue weighted by Crippen LogP contribution is -2.40. The van der Waals surface area contributed by atoms with Crippen molar-refractivity contribution in [1.82, 2.24) is 25.7 Å². The van der Waals surface area contributed by atoms with Gasteiger partial charge in [0.2, 0.25) is 11.7 Å². The van der Waals surface area contributed by atoms with Gasteiger partial charge in [0.1, 0.15) is 0 Å². The second-order valence-corrected chi connectivity index (χ2v) is 5.68. The van der Waals surface area contributed by atoms with Gasteiger partial charge in [-0.1, -0.05) is 5.16 Å². The summed E-state index contributed by atoms with van der Waals surface area (Å²) in [5.41, 5.74) is 0.842. The van der Waals surface area contributed by atoms with Crippen LogP contribution in [0.2, 0.25) is 0 Å². The molecular formula is C13H18N6O. The Bertz CT molecular complexity index is 592. The van der Waals surface area contributed by atoms with E-state index in [1.54, 1.807) is 0 Å². The van der Waals surface area contributed by atoms with Gasteiger partial charge in [0.15, 0.2) is 5.82 Å². The smallest absolute Gasteiger partial charge is 0.245 e. The van der Waals surface area contributed by atoms with Crippen molar-refractivity contribution in [3.8, 4) is 11.6 Å². The van der Waals surface area contributed by atoms with Crippen molar-refractivity contribution in [2.24, 2.45) is 5.92 Å². The molecule has 2 aliphatic heterocycles. The predicted molar refractivity (Wildman–Crippen MR) is 73.3 cm³/mol. The first kappa shape index (κ1) is 11.9. The molecule has 0 radical (unpaired) electrons. The van der Waals surface area contributed by atoms with Crippen LogP contribution in [0.5, 0.6) is 0 Å². The summed E-state index contributed by atoms with van der Waals surface area (Å²) in [6, 6.07) is 2.44. The molecule has 2 N–H and O–H groups in total. The second-order valence-electron chi connectivity index (χ2n) is 5.68. The van der Waals surface area contributed by atoms with Crippen LogP contribution in [0.4, 0.5) is 5.95 Å². The van der Waals surface area contributed by atoms with Gasteiger partial charge < -0.3 is 14.7 Å². The van der Waals surface area contributed by atoms with Crippen LogP contribution in [0.15, 0.2) is 10.6 Å². The Balaban J connectivity index is 1.54. The Hall–Kier alpha value is -1.89. The molecule has 7 heteroatoms. The van der Waals surface area contributed by atoms with Crippen LogP contribution in [0, 0.1) is 12.8 Å². The van der Waals surface area contributed by atoms with E-state index in [0.717, 1.165) is 37.2 Å². The number of H-pyrrole nitrogens is 1. The lowest BCUT2D eigenvalue weighted by molar-refractivity contribution is 0.340. The summed E-state index contributed by atoms with van der Waals surface area (Å²) >= 11 is 0. The molecule has 4 heterocycles. The van der Waals surface area contributed by atoms with Gasteiger partial charge >= 0.3 is 0 Å². The molecule has 0 aromatic carbocycles. The molecule has 20 heavy (non-hydrogen) atoms. The Kier molecular flexibility index (Phi) is 2.73. The third-order valence-electron chi connectivity index (χ3n) is 4.22. The van der Waals surface area contributed by atoms with E-state index in [1.807, 2.05) is 13.0 Å². The molecule has 2 aromatic heterocycles. The molecule has 0 aliphatic carbocycles. The topological polar surface area (TPSA) is 82.9 Å². The molecule has 2 fully saturated rings. The Morgan fingerprint density at radius 1 is 1.40 bits per heavy atom. The van der Waals surface area contributed by atoms with E-state index >= 15 is 0 Å². The third kappa shape index (κ3) is 1.98. The van der Waals surface area contributed by atoms with E-state index in [1.165, 1.54) is 12.8 Å². The Morgan fingerprint density at radius 2 is 2.35 bits per heavy atom. The zero-order valence-corrected chi connectivity index (χ0v) is 11.5. The second kappa shape index (κ2) is 4.59. The average molecular weight is 274 g/mol. The monoisotopic (exact) mass is 274 g/mol. The van der Waals surface area contributed by atoms with Crippen molar-refractivity contribution in [3.05, 3.63) is 11.8 Å². The summed E-state index contributed by atoms with van der Waals surface area (Å²) in [6.45, 7) is 5.04. The largest absolute Gasteiger partial charge is 0.353 e. The van der Waals surface area contributed by atoms with Gasteiger partial charge in [0.05, 0.1) is 5.69 Å². The Labute approximate surface area is 116 Å². The number of hydrogen-bond acceptors (Lipinski definition) is 6. The van der Waals surface area contributed by atoms with Crippen LogP contribution in [0.1, 0.15) is 18.5 Å². The first-order valence-corrected chi connectivity index (χ1v) is 7.14. The van der Waals surface area contributed by atoms with E-state index in [0.29, 0.717) is 17.6 Å². The van der Waals surface area contributed by atoms with Gasteiger partial charge in [-0.3, -0.25) is 5.10 Å². The maximum Gasteiger partial charge on any atom is 0.245 e. The SMILES string of the molecule is Cc1cc(-c2nc(N3CC4CCCNC4C3)n[nH]2)on1. The number of aromatic nitrogens is 4.